The molecule has 0 aromatic carbocycles. The number of hydrogen-bond donors (Lipinski definition) is 1. The molecular formula is C23H36N8. The molecule has 1 N–H and O–H groups in total. The van der Waals surface area contributed by atoms with Crippen LogP contribution in [0.1, 0.15) is 96.2 Å². The van der Waals surface area contributed by atoms with Crippen molar-refractivity contribution in [1.82, 2.24) is 39.9 Å². The second-order valence-corrected chi connectivity index (χ2v) is 8.27. The summed E-state index contributed by atoms with van der Waals surface area (Å²) in [5.41, 5.74) is 4.71. The predicted octanol–water partition coefficient (Wildman–Crippen LogP) is 5.42. The summed E-state index contributed by atoms with van der Waals surface area (Å²) in [6.07, 6.45) is 3.73. The Morgan fingerprint density at radius 1 is 0.839 bits per heavy atom. The van der Waals surface area contributed by atoms with Gasteiger partial charge in [-0.25, -0.2) is 19.9 Å². The largest absolute Gasteiger partial charge is 0.274 e. The number of aromatic nitrogens is 8. The third-order valence-electron chi connectivity index (χ3n) is 4.62. The zero-order valence-corrected chi connectivity index (χ0v) is 20.5. The molecule has 0 aliphatic heterocycles. The molecule has 0 spiro atoms. The smallest absolute Gasteiger partial charge is 0.184 e. The highest BCUT2D eigenvalue weighted by molar-refractivity contribution is 5.77. The third kappa shape index (κ3) is 5.62. The first-order chi connectivity index (χ1) is 14.7. The Kier molecular flexibility index (Phi) is 8.19. The van der Waals surface area contributed by atoms with Gasteiger partial charge in [0.15, 0.2) is 5.65 Å². The fourth-order valence-electron chi connectivity index (χ4n) is 3.02. The van der Waals surface area contributed by atoms with Crippen molar-refractivity contribution in [2.24, 2.45) is 7.05 Å². The minimum Gasteiger partial charge on any atom is -0.274 e. The lowest BCUT2D eigenvalue weighted by Gasteiger charge is -2.09. The SMILES string of the molecule is CC.CC(C)c1nc(C(C)C)c2cn(C)nc2n1.Cc1nc(C(C)C)nc2cn[nH]c12. The van der Waals surface area contributed by atoms with Gasteiger partial charge >= 0.3 is 0 Å². The minimum atomic E-state index is 0.337. The molecule has 8 heteroatoms. The van der Waals surface area contributed by atoms with Crippen LogP contribution >= 0.6 is 0 Å². The zero-order valence-electron chi connectivity index (χ0n) is 20.5. The van der Waals surface area contributed by atoms with Gasteiger partial charge in [0.25, 0.3) is 0 Å². The van der Waals surface area contributed by atoms with Crippen LogP contribution in [0.2, 0.25) is 0 Å². The van der Waals surface area contributed by atoms with E-state index in [1.54, 1.807) is 10.9 Å². The maximum atomic E-state index is 4.65. The van der Waals surface area contributed by atoms with Crippen LogP contribution in [-0.2, 0) is 7.05 Å². The summed E-state index contributed by atoms with van der Waals surface area (Å²) in [6.45, 7) is 18.6. The molecule has 0 saturated carbocycles. The number of H-pyrrole nitrogens is 1. The normalized spacial score (nSPS) is 11.1. The molecule has 0 saturated heterocycles. The van der Waals surface area contributed by atoms with Crippen LogP contribution in [0.5, 0.6) is 0 Å². The molecular weight excluding hydrogens is 388 g/mol. The van der Waals surface area contributed by atoms with E-state index in [9.17, 15) is 0 Å². The van der Waals surface area contributed by atoms with Crippen LogP contribution in [0, 0.1) is 6.92 Å². The highest BCUT2D eigenvalue weighted by atomic mass is 15.3. The van der Waals surface area contributed by atoms with E-state index < -0.39 is 0 Å². The summed E-state index contributed by atoms with van der Waals surface area (Å²) in [6, 6.07) is 0. The van der Waals surface area contributed by atoms with E-state index in [1.807, 2.05) is 34.0 Å². The first-order valence-electron chi connectivity index (χ1n) is 11.1. The van der Waals surface area contributed by atoms with Crippen molar-refractivity contribution < 1.29 is 0 Å². The van der Waals surface area contributed by atoms with E-state index in [0.29, 0.717) is 17.8 Å². The summed E-state index contributed by atoms with van der Waals surface area (Å²) < 4.78 is 1.80. The fourth-order valence-corrected chi connectivity index (χ4v) is 3.02. The molecule has 0 aliphatic rings. The van der Waals surface area contributed by atoms with Gasteiger partial charge in [0.2, 0.25) is 0 Å². The number of hydrogen-bond acceptors (Lipinski definition) is 6. The molecule has 0 atom stereocenters. The van der Waals surface area contributed by atoms with E-state index in [1.165, 1.54) is 0 Å². The predicted molar refractivity (Wildman–Crippen MR) is 126 cm³/mol. The summed E-state index contributed by atoms with van der Waals surface area (Å²) in [5.74, 6) is 2.86. The average Bonchev–Trinajstić information content (AvgIpc) is 3.34. The summed E-state index contributed by atoms with van der Waals surface area (Å²) in [7, 11) is 1.92. The van der Waals surface area contributed by atoms with Crippen molar-refractivity contribution >= 4 is 22.1 Å². The molecule has 0 bridgehead atoms. The van der Waals surface area contributed by atoms with E-state index >= 15 is 0 Å². The van der Waals surface area contributed by atoms with Gasteiger partial charge in [0.05, 0.1) is 23.0 Å². The van der Waals surface area contributed by atoms with Gasteiger partial charge in [-0.2, -0.15) is 10.2 Å². The first-order valence-corrected chi connectivity index (χ1v) is 11.1. The highest BCUT2D eigenvalue weighted by Gasteiger charge is 2.15. The van der Waals surface area contributed by atoms with Crippen LogP contribution in [0.15, 0.2) is 12.4 Å². The van der Waals surface area contributed by atoms with Crippen LogP contribution in [0.25, 0.3) is 22.1 Å². The maximum Gasteiger partial charge on any atom is 0.184 e. The number of fused-ring (bicyclic) bond motifs is 2. The number of aromatic amines is 1. The van der Waals surface area contributed by atoms with E-state index in [4.69, 9.17) is 0 Å². The first kappa shape index (κ1) is 24.4. The summed E-state index contributed by atoms with van der Waals surface area (Å²) >= 11 is 0. The number of rotatable bonds is 3. The van der Waals surface area contributed by atoms with Gasteiger partial charge < -0.3 is 0 Å². The lowest BCUT2D eigenvalue weighted by atomic mass is 10.1. The standard InChI is InChI=1S/C12H18N4.C9H12N4.C2H6/c1-7(2)10-9-6-16(5)15-12(9)14-11(13-10)8(3)4;1-5(2)9-11-6(3)8-7(12-9)4-10-13-8;1-2/h6-8H,1-5H3;4-5H,1-3H3,(H,10,13);1-2H3. The molecule has 0 aliphatic carbocycles. The molecule has 4 rings (SSSR count). The van der Waals surface area contributed by atoms with Gasteiger partial charge in [0, 0.05) is 25.1 Å². The average molecular weight is 425 g/mol. The van der Waals surface area contributed by atoms with Crippen LogP contribution < -0.4 is 0 Å². The Labute approximate surface area is 184 Å². The quantitative estimate of drug-likeness (QED) is 0.471. The van der Waals surface area contributed by atoms with Gasteiger partial charge in [-0.15, -0.1) is 0 Å². The van der Waals surface area contributed by atoms with E-state index in [-0.39, 0.29) is 0 Å². The Morgan fingerprint density at radius 3 is 2.03 bits per heavy atom. The Balaban J connectivity index is 0.000000208. The van der Waals surface area contributed by atoms with Crippen molar-refractivity contribution in [3.8, 4) is 0 Å². The fraction of sp³-hybridized carbons (Fsp3) is 0.565. The van der Waals surface area contributed by atoms with Crippen molar-refractivity contribution in [3.05, 3.63) is 35.4 Å². The Hall–Kier alpha value is -2.90. The number of nitrogens with one attached hydrogen (secondary N) is 1. The van der Waals surface area contributed by atoms with E-state index in [2.05, 4.69) is 76.8 Å². The molecule has 0 fully saturated rings. The monoisotopic (exact) mass is 424 g/mol. The van der Waals surface area contributed by atoms with Gasteiger partial charge in [-0.05, 0) is 12.8 Å². The van der Waals surface area contributed by atoms with Crippen molar-refractivity contribution in [2.75, 3.05) is 0 Å². The number of nitrogens with zero attached hydrogens (tertiary/aromatic N) is 7. The highest BCUT2D eigenvalue weighted by Crippen LogP contribution is 2.23. The minimum absolute atomic E-state index is 0.337. The lowest BCUT2D eigenvalue weighted by molar-refractivity contribution is 0.738. The molecule has 4 aromatic heterocycles. The van der Waals surface area contributed by atoms with Crippen LogP contribution in [-0.4, -0.2) is 39.9 Å². The maximum absolute atomic E-state index is 4.65. The molecule has 8 nitrogen and oxygen atoms in total. The topological polar surface area (TPSA) is 98.1 Å². The molecule has 4 aromatic rings. The molecule has 0 radical (unpaired) electrons. The van der Waals surface area contributed by atoms with Crippen LogP contribution in [0.3, 0.4) is 0 Å². The third-order valence-corrected chi connectivity index (χ3v) is 4.62. The Morgan fingerprint density at radius 2 is 1.45 bits per heavy atom. The second kappa shape index (κ2) is 10.4. The molecule has 168 valence electrons. The van der Waals surface area contributed by atoms with Crippen molar-refractivity contribution in [1.29, 1.82) is 0 Å². The molecule has 4 heterocycles. The summed E-state index contributed by atoms with van der Waals surface area (Å²) in [4.78, 5) is 17.9. The number of aryl methyl sites for hydroxylation is 2. The Bertz CT molecular complexity index is 1120. The lowest BCUT2D eigenvalue weighted by Crippen LogP contribution is -2.03. The van der Waals surface area contributed by atoms with Gasteiger partial charge in [-0.1, -0.05) is 55.4 Å². The zero-order chi connectivity index (χ0) is 23.3. The van der Waals surface area contributed by atoms with Gasteiger partial charge in [-0.3, -0.25) is 9.78 Å². The summed E-state index contributed by atoms with van der Waals surface area (Å²) in [5, 5.41) is 12.3. The van der Waals surface area contributed by atoms with E-state index in [0.717, 1.165) is 45.1 Å². The second-order valence-electron chi connectivity index (χ2n) is 8.27. The molecule has 31 heavy (non-hydrogen) atoms. The molecule has 0 unspecified atom stereocenters. The van der Waals surface area contributed by atoms with Gasteiger partial charge in [0.1, 0.15) is 22.7 Å². The van der Waals surface area contributed by atoms with Crippen molar-refractivity contribution in [2.45, 2.75) is 80.1 Å². The molecule has 0 amide bonds. The van der Waals surface area contributed by atoms with Crippen LogP contribution in [0.4, 0.5) is 0 Å². The van der Waals surface area contributed by atoms with Crippen molar-refractivity contribution in [3.63, 3.8) is 0 Å².